The zero-order valence-electron chi connectivity index (χ0n) is 16.5. The number of hydrogen-bond acceptors (Lipinski definition) is 2. The monoisotopic (exact) mass is 347 g/mol. The molecule has 4 rings (SSSR count). The summed E-state index contributed by atoms with van der Waals surface area (Å²) in [6, 6.07) is 18.0. The quantitative estimate of drug-likeness (QED) is 0.751. The molecule has 3 aromatic rings. The van der Waals surface area contributed by atoms with Crippen LogP contribution in [0.3, 0.4) is 0 Å². The second-order valence-corrected chi connectivity index (χ2v) is 8.43. The summed E-state index contributed by atoms with van der Waals surface area (Å²) in [6.45, 7) is 6.65. The van der Waals surface area contributed by atoms with E-state index in [0.717, 1.165) is 13.1 Å². The van der Waals surface area contributed by atoms with Gasteiger partial charge in [-0.1, -0.05) is 36.4 Å². The first-order valence-electron chi connectivity index (χ1n) is 9.43. The zero-order valence-corrected chi connectivity index (χ0v) is 16.5. The van der Waals surface area contributed by atoms with Gasteiger partial charge in [0.25, 0.3) is 0 Å². The Morgan fingerprint density at radius 3 is 2.58 bits per heavy atom. The largest absolute Gasteiger partial charge is 0.358 e. The summed E-state index contributed by atoms with van der Waals surface area (Å²) in [4.78, 5) is 8.38. The Bertz CT molecular complexity index is 903. The van der Waals surface area contributed by atoms with E-state index in [9.17, 15) is 0 Å². The molecule has 1 N–H and O–H groups in total. The van der Waals surface area contributed by atoms with Gasteiger partial charge in [-0.3, -0.25) is 0 Å². The van der Waals surface area contributed by atoms with E-state index >= 15 is 0 Å². The number of nitrogens with one attached hydrogen (secondary N) is 1. The summed E-state index contributed by atoms with van der Waals surface area (Å²) in [5.74, 6) is 0.396. The van der Waals surface area contributed by atoms with E-state index in [4.69, 9.17) is 0 Å². The molecule has 0 saturated heterocycles. The van der Waals surface area contributed by atoms with Crippen LogP contribution in [0.1, 0.15) is 42.1 Å². The van der Waals surface area contributed by atoms with Gasteiger partial charge in [0.1, 0.15) is 0 Å². The van der Waals surface area contributed by atoms with Crippen LogP contribution in [0.25, 0.3) is 10.9 Å². The predicted molar refractivity (Wildman–Crippen MR) is 110 cm³/mol. The summed E-state index contributed by atoms with van der Waals surface area (Å²) in [7, 11) is 6.53. The van der Waals surface area contributed by atoms with Gasteiger partial charge in [-0.2, -0.15) is 0 Å². The average molecular weight is 348 g/mol. The van der Waals surface area contributed by atoms with E-state index in [2.05, 4.69) is 98.3 Å². The van der Waals surface area contributed by atoms with Crippen molar-refractivity contribution in [1.29, 1.82) is 0 Å². The molecule has 0 saturated carbocycles. The molecule has 26 heavy (non-hydrogen) atoms. The number of hydrogen-bond donors (Lipinski definition) is 1. The maximum Gasteiger partial charge on any atom is 0.0456 e. The third kappa shape index (κ3) is 2.85. The first kappa shape index (κ1) is 17.3. The van der Waals surface area contributed by atoms with Crippen LogP contribution in [0.2, 0.25) is 0 Å². The number of likely N-dealkylation sites (N-methyl/N-ethyl adjacent to an activating group) is 1. The van der Waals surface area contributed by atoms with E-state index in [1.165, 1.54) is 33.3 Å². The fourth-order valence-electron chi connectivity index (χ4n) is 4.04. The van der Waals surface area contributed by atoms with Gasteiger partial charge in [0, 0.05) is 35.8 Å². The number of fused-ring (bicyclic) bond motifs is 2. The lowest BCUT2D eigenvalue weighted by Crippen LogP contribution is -2.36. The van der Waals surface area contributed by atoms with Crippen LogP contribution >= 0.6 is 0 Å². The zero-order chi connectivity index (χ0) is 18.5. The molecule has 2 aromatic carbocycles. The molecule has 0 amide bonds. The highest BCUT2D eigenvalue weighted by molar-refractivity contribution is 5.80. The van der Waals surface area contributed by atoms with Gasteiger partial charge in [0.05, 0.1) is 0 Å². The van der Waals surface area contributed by atoms with Crippen LogP contribution in [0.4, 0.5) is 0 Å². The molecule has 0 spiro atoms. The van der Waals surface area contributed by atoms with E-state index in [0.29, 0.717) is 5.92 Å². The Morgan fingerprint density at radius 1 is 1.08 bits per heavy atom. The van der Waals surface area contributed by atoms with Crippen molar-refractivity contribution in [2.45, 2.75) is 31.8 Å². The summed E-state index contributed by atoms with van der Waals surface area (Å²) in [6.07, 6.45) is 0. The first-order valence-corrected chi connectivity index (χ1v) is 9.43. The van der Waals surface area contributed by atoms with Crippen molar-refractivity contribution in [2.24, 2.45) is 0 Å². The van der Waals surface area contributed by atoms with E-state index in [-0.39, 0.29) is 5.54 Å². The van der Waals surface area contributed by atoms with Gasteiger partial charge in [-0.25, -0.2) is 0 Å². The third-order valence-corrected chi connectivity index (χ3v) is 6.20. The van der Waals surface area contributed by atoms with Gasteiger partial charge in [-0.05, 0) is 69.2 Å². The average Bonchev–Trinajstić information content (AvgIpc) is 3.04. The highest BCUT2D eigenvalue weighted by Crippen LogP contribution is 2.36. The topological polar surface area (TPSA) is 22.3 Å². The lowest BCUT2D eigenvalue weighted by atomic mass is 9.83. The molecule has 2 heterocycles. The number of nitrogens with zero attached hydrogens (tertiary/aromatic N) is 2. The van der Waals surface area contributed by atoms with Crippen LogP contribution in [0.15, 0.2) is 48.5 Å². The molecular weight excluding hydrogens is 318 g/mol. The number of aromatic nitrogens is 1. The molecule has 1 atom stereocenters. The summed E-state index contributed by atoms with van der Waals surface area (Å²) >= 11 is 0. The molecule has 1 aliphatic heterocycles. The SMILES string of the molecule is CN1Cc2cc(C(C)(C)N(C)C)ccc2C(c2cc3ccccc3[nH]2)C1. The summed E-state index contributed by atoms with van der Waals surface area (Å²) in [5, 5.41) is 1.29. The number of para-hydroxylation sites is 1. The molecule has 0 bridgehead atoms. The van der Waals surface area contributed by atoms with Crippen molar-refractivity contribution in [2.75, 3.05) is 27.7 Å². The summed E-state index contributed by atoms with van der Waals surface area (Å²) in [5.41, 5.74) is 6.87. The normalized spacial score (nSPS) is 18.5. The van der Waals surface area contributed by atoms with Crippen molar-refractivity contribution in [1.82, 2.24) is 14.8 Å². The molecule has 3 heteroatoms. The van der Waals surface area contributed by atoms with Gasteiger partial charge in [-0.15, -0.1) is 0 Å². The van der Waals surface area contributed by atoms with E-state index in [1.807, 2.05) is 0 Å². The van der Waals surface area contributed by atoms with Gasteiger partial charge < -0.3 is 14.8 Å². The van der Waals surface area contributed by atoms with Crippen molar-refractivity contribution in [3.8, 4) is 0 Å². The Morgan fingerprint density at radius 2 is 1.85 bits per heavy atom. The van der Waals surface area contributed by atoms with Crippen LogP contribution in [0, 0.1) is 0 Å². The smallest absolute Gasteiger partial charge is 0.0456 e. The number of H-pyrrole nitrogens is 1. The van der Waals surface area contributed by atoms with Crippen LogP contribution < -0.4 is 0 Å². The molecule has 3 nitrogen and oxygen atoms in total. The second kappa shape index (κ2) is 6.26. The van der Waals surface area contributed by atoms with Gasteiger partial charge >= 0.3 is 0 Å². The standard InChI is InChI=1S/C23H29N3/c1-23(2,25(3)4)18-10-11-19-17(12-18)14-26(5)15-20(19)22-13-16-8-6-7-9-21(16)24-22/h6-13,20,24H,14-15H2,1-5H3. The minimum Gasteiger partial charge on any atom is -0.358 e. The Labute approximate surface area is 156 Å². The molecule has 0 aliphatic carbocycles. The molecule has 136 valence electrons. The highest BCUT2D eigenvalue weighted by atomic mass is 15.1. The number of rotatable bonds is 3. The molecule has 1 aromatic heterocycles. The Hall–Kier alpha value is -2.10. The van der Waals surface area contributed by atoms with Crippen LogP contribution in [0.5, 0.6) is 0 Å². The molecule has 0 radical (unpaired) electrons. The van der Waals surface area contributed by atoms with Crippen molar-refractivity contribution < 1.29 is 0 Å². The second-order valence-electron chi connectivity index (χ2n) is 8.43. The van der Waals surface area contributed by atoms with Gasteiger partial charge in [0.2, 0.25) is 0 Å². The van der Waals surface area contributed by atoms with Crippen LogP contribution in [-0.4, -0.2) is 42.5 Å². The van der Waals surface area contributed by atoms with Crippen LogP contribution in [-0.2, 0) is 12.1 Å². The maximum atomic E-state index is 3.65. The number of aromatic amines is 1. The highest BCUT2D eigenvalue weighted by Gasteiger charge is 2.29. The molecular formula is C23H29N3. The van der Waals surface area contributed by atoms with Crippen molar-refractivity contribution in [3.63, 3.8) is 0 Å². The van der Waals surface area contributed by atoms with E-state index in [1.54, 1.807) is 0 Å². The van der Waals surface area contributed by atoms with E-state index < -0.39 is 0 Å². The minimum absolute atomic E-state index is 0.0294. The minimum atomic E-state index is 0.0294. The van der Waals surface area contributed by atoms with Crippen molar-refractivity contribution >= 4 is 10.9 Å². The Balaban J connectivity index is 1.78. The Kier molecular flexibility index (Phi) is 4.17. The van der Waals surface area contributed by atoms with Gasteiger partial charge in [0.15, 0.2) is 0 Å². The summed E-state index contributed by atoms with van der Waals surface area (Å²) < 4.78 is 0. The molecule has 1 unspecified atom stereocenters. The lowest BCUT2D eigenvalue weighted by Gasteiger charge is -2.36. The fourth-order valence-corrected chi connectivity index (χ4v) is 4.04. The first-order chi connectivity index (χ1) is 12.4. The van der Waals surface area contributed by atoms with Crippen molar-refractivity contribution in [3.05, 3.63) is 70.9 Å². The molecule has 1 aliphatic rings. The number of benzene rings is 2. The fraction of sp³-hybridized carbons (Fsp3) is 0.391. The maximum absolute atomic E-state index is 3.65. The predicted octanol–water partition coefficient (Wildman–Crippen LogP) is 4.54. The third-order valence-electron chi connectivity index (χ3n) is 6.20. The molecule has 0 fully saturated rings. The lowest BCUT2D eigenvalue weighted by molar-refractivity contribution is 0.197.